The van der Waals surface area contributed by atoms with Crippen molar-refractivity contribution in [3.05, 3.63) is 116 Å². The Morgan fingerprint density at radius 1 is 1.00 bits per heavy atom. The Hall–Kier alpha value is -5.53. The molecule has 60 heavy (non-hydrogen) atoms. The number of halogens is 1. The van der Waals surface area contributed by atoms with Crippen LogP contribution in [-0.4, -0.2) is 92.0 Å². The number of anilines is 3. The van der Waals surface area contributed by atoms with E-state index in [2.05, 4.69) is 99.1 Å². The summed E-state index contributed by atoms with van der Waals surface area (Å²) in [4.78, 5) is 37.6. The SMILES string of the molecule is C=C(N)c1c(C)cc(C)nc1NC(C)=NC1CCN(Cc2ccc(C#[N+]Cc3cc(C)c4c(N)nc(NC5CCN(Cc6ccncc6Br)CC5)nc4n3)cc2)CC1OC. The highest BCUT2D eigenvalue weighted by atomic mass is 79.9. The Morgan fingerprint density at radius 2 is 1.77 bits per heavy atom. The van der Waals surface area contributed by atoms with Gasteiger partial charge in [0.05, 0.1) is 23.4 Å². The molecule has 0 bridgehead atoms. The van der Waals surface area contributed by atoms with E-state index >= 15 is 0 Å². The summed E-state index contributed by atoms with van der Waals surface area (Å²) in [5.41, 5.74) is 21.5. The molecule has 6 N–H and O–H groups in total. The average molecular weight is 874 g/mol. The number of hydrogen-bond acceptors (Lipinski definition) is 12. The summed E-state index contributed by atoms with van der Waals surface area (Å²) in [7, 11) is 1.76. The number of likely N-dealkylation sites (tertiary alicyclic amines) is 2. The van der Waals surface area contributed by atoms with Crippen molar-refractivity contribution in [2.75, 3.05) is 49.7 Å². The number of methoxy groups -OCH3 is 1. The lowest BCUT2D eigenvalue weighted by molar-refractivity contribution is 0.0147. The van der Waals surface area contributed by atoms with Crippen molar-refractivity contribution in [3.63, 3.8) is 0 Å². The molecule has 0 radical (unpaired) electrons. The van der Waals surface area contributed by atoms with Gasteiger partial charge < -0.3 is 26.8 Å². The maximum atomic E-state index is 6.45. The Balaban J connectivity index is 0.918. The summed E-state index contributed by atoms with van der Waals surface area (Å²) < 4.78 is 6.99. The predicted molar refractivity (Wildman–Crippen MR) is 245 cm³/mol. The first-order chi connectivity index (χ1) is 28.9. The van der Waals surface area contributed by atoms with E-state index in [1.807, 2.05) is 52.2 Å². The number of benzene rings is 1. The van der Waals surface area contributed by atoms with Gasteiger partial charge in [0.15, 0.2) is 5.65 Å². The topological polar surface area (TPSA) is 173 Å². The van der Waals surface area contributed by atoms with Gasteiger partial charge in [-0.3, -0.25) is 19.8 Å². The van der Waals surface area contributed by atoms with Crippen LogP contribution in [0.4, 0.5) is 17.6 Å². The number of nitrogens with two attached hydrogens (primary N) is 2. The van der Waals surface area contributed by atoms with Gasteiger partial charge in [0, 0.05) is 86.2 Å². The average Bonchev–Trinajstić information content (AvgIpc) is 3.20. The third kappa shape index (κ3) is 10.6. The third-order valence-corrected chi connectivity index (χ3v) is 11.9. The molecule has 2 saturated heterocycles. The molecule has 0 amide bonds. The molecule has 2 aliphatic rings. The molecule has 5 aromatic rings. The minimum absolute atomic E-state index is 0.0210. The standard InChI is InChI=1S/C45H55BrN13O/c1-27-19-29(3)51-43(40(27)30(4)47)53-31(5)52-38-14-18-59(26-39(38)60-6)24-33-9-7-32(8-10-33)21-50-22-36-20-28(2)41-42(48)56-45(57-44(41)54-36)55-35-12-16-58(17-13-35)25-34-11-15-49-23-37(34)46/h7-11,15,19-20,23,35,38-39H,4,12-14,16-18,22,24-26,47H2,1-3,5-6H3,(H,51,52,53)(H3,48,54,55,56,57)/q+1. The number of nitrogens with one attached hydrogen (secondary N) is 2. The fourth-order valence-corrected chi connectivity index (χ4v) is 8.56. The smallest absolute Gasteiger partial charge is 0.311 e. The van der Waals surface area contributed by atoms with Crippen molar-refractivity contribution >= 4 is 56.1 Å². The molecule has 7 rings (SSSR count). The number of piperidine rings is 2. The Labute approximate surface area is 360 Å². The molecule has 2 aliphatic heterocycles. The number of ether oxygens (including phenoxy) is 1. The van der Waals surface area contributed by atoms with Crippen LogP contribution in [-0.2, 0) is 24.4 Å². The van der Waals surface area contributed by atoms with Crippen LogP contribution in [0.2, 0.25) is 0 Å². The highest BCUT2D eigenvalue weighted by Crippen LogP contribution is 2.27. The van der Waals surface area contributed by atoms with Crippen molar-refractivity contribution < 1.29 is 4.74 Å². The van der Waals surface area contributed by atoms with Crippen molar-refractivity contribution in [1.29, 1.82) is 0 Å². The maximum Gasteiger partial charge on any atom is 0.311 e. The van der Waals surface area contributed by atoms with E-state index in [0.29, 0.717) is 35.5 Å². The Bertz CT molecular complexity index is 2440. The van der Waals surface area contributed by atoms with Crippen LogP contribution in [0, 0.1) is 26.8 Å². The first kappa shape index (κ1) is 42.6. The van der Waals surface area contributed by atoms with Gasteiger partial charge in [-0.2, -0.15) is 9.97 Å². The van der Waals surface area contributed by atoms with Gasteiger partial charge in [-0.05, 0) is 115 Å². The van der Waals surface area contributed by atoms with E-state index in [0.717, 1.165) is 108 Å². The van der Waals surface area contributed by atoms with Crippen LogP contribution in [0.1, 0.15) is 71.0 Å². The molecule has 6 heterocycles. The lowest BCUT2D eigenvalue weighted by Crippen LogP contribution is -2.47. The normalized spacial score (nSPS) is 17.9. The molecule has 4 aromatic heterocycles. The molecule has 1 aromatic carbocycles. The second-order valence-electron chi connectivity index (χ2n) is 15.9. The van der Waals surface area contributed by atoms with Crippen LogP contribution in [0.15, 0.2) is 70.9 Å². The summed E-state index contributed by atoms with van der Waals surface area (Å²) >= 11 is 3.62. The monoisotopic (exact) mass is 872 g/mol. The van der Waals surface area contributed by atoms with Gasteiger partial charge in [0.25, 0.3) is 0 Å². The van der Waals surface area contributed by atoms with Crippen molar-refractivity contribution in [2.24, 2.45) is 10.7 Å². The molecule has 0 saturated carbocycles. The number of nitrogens with zero attached hydrogens (tertiary/aromatic N) is 9. The zero-order valence-electron chi connectivity index (χ0n) is 35.2. The zero-order valence-corrected chi connectivity index (χ0v) is 36.8. The zero-order chi connectivity index (χ0) is 42.3. The third-order valence-electron chi connectivity index (χ3n) is 11.2. The van der Waals surface area contributed by atoms with Gasteiger partial charge >= 0.3 is 12.6 Å². The van der Waals surface area contributed by atoms with Crippen molar-refractivity contribution in [1.82, 2.24) is 34.7 Å². The van der Waals surface area contributed by atoms with E-state index in [9.17, 15) is 0 Å². The molecule has 312 valence electrons. The fourth-order valence-electron chi connectivity index (χ4n) is 8.18. The van der Waals surface area contributed by atoms with E-state index in [1.54, 1.807) is 7.11 Å². The van der Waals surface area contributed by atoms with Crippen LogP contribution in [0.3, 0.4) is 0 Å². The maximum absolute atomic E-state index is 6.45. The molecular weight excluding hydrogens is 818 g/mol. The number of hydrogen-bond donors (Lipinski definition) is 4. The number of aliphatic imine (C=N–C) groups is 1. The lowest BCUT2D eigenvalue weighted by Gasteiger charge is -2.36. The van der Waals surface area contributed by atoms with E-state index < -0.39 is 0 Å². The molecule has 14 nitrogen and oxygen atoms in total. The van der Waals surface area contributed by atoms with Gasteiger partial charge in [-0.15, -0.1) is 0 Å². The highest BCUT2D eigenvalue weighted by molar-refractivity contribution is 9.10. The molecule has 15 heteroatoms. The van der Waals surface area contributed by atoms with Gasteiger partial charge in [0.2, 0.25) is 5.95 Å². The quantitative estimate of drug-likeness (QED) is 0.0786. The Morgan fingerprint density at radius 3 is 2.50 bits per heavy atom. The van der Waals surface area contributed by atoms with Crippen molar-refractivity contribution in [3.8, 4) is 6.07 Å². The number of fused-ring (bicyclic) bond motifs is 1. The van der Waals surface area contributed by atoms with Crippen LogP contribution in [0.25, 0.3) is 21.6 Å². The molecule has 0 spiro atoms. The largest absolute Gasteiger partial charge is 0.399 e. The summed E-state index contributed by atoms with van der Waals surface area (Å²) in [6, 6.07) is 17.9. The minimum atomic E-state index is -0.0418. The van der Waals surface area contributed by atoms with E-state index in [-0.39, 0.29) is 18.2 Å². The van der Waals surface area contributed by atoms with Crippen LogP contribution >= 0.6 is 15.9 Å². The molecule has 0 aliphatic carbocycles. The Kier molecular flexibility index (Phi) is 13.7. The lowest BCUT2D eigenvalue weighted by atomic mass is 10.0. The van der Waals surface area contributed by atoms with E-state index in [4.69, 9.17) is 31.2 Å². The summed E-state index contributed by atoms with van der Waals surface area (Å²) in [5, 5.41) is 7.67. The fraction of sp³-hybridized carbons (Fsp3) is 0.400. The number of rotatable bonds is 11. The molecular formula is C45H55BrN13O+. The number of aromatic nitrogens is 5. The van der Waals surface area contributed by atoms with Gasteiger partial charge in [0.1, 0.15) is 22.9 Å². The number of pyridine rings is 3. The minimum Gasteiger partial charge on any atom is -0.399 e. The number of aryl methyl sites for hydroxylation is 3. The highest BCUT2D eigenvalue weighted by Gasteiger charge is 2.29. The first-order valence-corrected chi connectivity index (χ1v) is 21.2. The molecule has 2 atom stereocenters. The van der Waals surface area contributed by atoms with Gasteiger partial charge in [-0.1, -0.05) is 23.6 Å². The first-order valence-electron chi connectivity index (χ1n) is 20.4. The number of amidine groups is 1. The van der Waals surface area contributed by atoms with Gasteiger partial charge in [-0.25, -0.2) is 9.97 Å². The molecule has 2 fully saturated rings. The van der Waals surface area contributed by atoms with Crippen LogP contribution < -0.4 is 22.1 Å². The second-order valence-corrected chi connectivity index (χ2v) is 16.7. The second kappa shape index (κ2) is 19.2. The summed E-state index contributed by atoms with van der Waals surface area (Å²) in [6.07, 6.45) is 6.47. The predicted octanol–water partition coefficient (Wildman–Crippen LogP) is 7.09. The summed E-state index contributed by atoms with van der Waals surface area (Å²) in [6.45, 7) is 17.6. The van der Waals surface area contributed by atoms with Crippen molar-refractivity contribution in [2.45, 2.75) is 84.8 Å². The summed E-state index contributed by atoms with van der Waals surface area (Å²) in [5.74, 6) is 2.38. The molecule has 2 unspecified atom stereocenters. The van der Waals surface area contributed by atoms with E-state index in [1.165, 1.54) is 11.1 Å². The van der Waals surface area contributed by atoms with Crippen LogP contribution in [0.5, 0.6) is 0 Å². The number of nitrogen functional groups attached to an aromatic ring is 1.